The number of aryl methyl sites for hydroxylation is 3. The molecule has 0 saturated heterocycles. The van der Waals surface area contributed by atoms with Gasteiger partial charge in [-0.1, -0.05) is 35.5 Å². The zero-order valence-corrected chi connectivity index (χ0v) is 16.3. The number of amides is 2. The van der Waals surface area contributed by atoms with Crippen molar-refractivity contribution in [3.05, 3.63) is 46.2 Å². The molecule has 0 fully saturated rings. The molecule has 9 nitrogen and oxygen atoms in total. The van der Waals surface area contributed by atoms with Gasteiger partial charge in [0.2, 0.25) is 5.16 Å². The number of ether oxygens (including phenoxy) is 1. The summed E-state index contributed by atoms with van der Waals surface area (Å²) in [6, 6.07) is 4.91. The second-order valence-corrected chi connectivity index (χ2v) is 7.09. The Bertz CT molecular complexity index is 923. The maximum absolute atomic E-state index is 12.5. The van der Waals surface area contributed by atoms with Gasteiger partial charge in [0.15, 0.2) is 0 Å². The van der Waals surface area contributed by atoms with E-state index in [9.17, 15) is 9.59 Å². The van der Waals surface area contributed by atoms with Crippen molar-refractivity contribution in [1.29, 1.82) is 0 Å². The molecular weight excluding hydrogens is 368 g/mol. The highest BCUT2D eigenvalue weighted by atomic mass is 32.2. The van der Waals surface area contributed by atoms with Gasteiger partial charge in [0.1, 0.15) is 0 Å². The number of rotatable bonds is 5. The van der Waals surface area contributed by atoms with E-state index in [1.807, 2.05) is 32.0 Å². The predicted molar refractivity (Wildman–Crippen MR) is 98.9 cm³/mol. The first kappa shape index (κ1) is 18.9. The maximum Gasteiger partial charge on any atom is 0.338 e. The van der Waals surface area contributed by atoms with Gasteiger partial charge in [-0.2, -0.15) is 0 Å². The van der Waals surface area contributed by atoms with Crippen molar-refractivity contribution in [3.8, 4) is 0 Å². The second kappa shape index (κ2) is 7.78. The van der Waals surface area contributed by atoms with Crippen molar-refractivity contribution in [1.82, 2.24) is 30.8 Å². The highest BCUT2D eigenvalue weighted by Gasteiger charge is 2.34. The number of nitrogens with zero attached hydrogens (tertiary/aromatic N) is 4. The van der Waals surface area contributed by atoms with Crippen LogP contribution in [0.15, 0.2) is 34.6 Å². The Morgan fingerprint density at radius 2 is 2.15 bits per heavy atom. The minimum Gasteiger partial charge on any atom is -0.466 e. The van der Waals surface area contributed by atoms with Crippen LogP contribution in [-0.4, -0.2) is 45.1 Å². The quantitative estimate of drug-likeness (QED) is 0.588. The smallest absolute Gasteiger partial charge is 0.338 e. The fraction of sp³-hybridized carbons (Fsp3) is 0.353. The van der Waals surface area contributed by atoms with Crippen LogP contribution in [0.3, 0.4) is 0 Å². The number of benzene rings is 1. The third-order valence-corrected chi connectivity index (χ3v) is 5.26. The van der Waals surface area contributed by atoms with Crippen LogP contribution in [0.1, 0.15) is 22.7 Å². The molecule has 2 aromatic rings. The van der Waals surface area contributed by atoms with E-state index < -0.39 is 12.0 Å². The Morgan fingerprint density at radius 1 is 1.37 bits per heavy atom. The molecule has 3 rings (SSSR count). The minimum atomic E-state index is -0.597. The highest BCUT2D eigenvalue weighted by molar-refractivity contribution is 7.99. The van der Waals surface area contributed by atoms with Crippen LogP contribution in [0.2, 0.25) is 0 Å². The maximum atomic E-state index is 12.5. The van der Waals surface area contributed by atoms with Gasteiger partial charge in [0.05, 0.1) is 18.7 Å². The molecule has 142 valence electrons. The van der Waals surface area contributed by atoms with Crippen LogP contribution < -0.4 is 10.6 Å². The Kier molecular flexibility index (Phi) is 5.45. The van der Waals surface area contributed by atoms with E-state index in [1.54, 1.807) is 7.05 Å². The summed E-state index contributed by atoms with van der Waals surface area (Å²) < 4.78 is 6.51. The average molecular weight is 388 g/mol. The molecule has 2 amide bonds. The Balaban J connectivity index is 2.01. The summed E-state index contributed by atoms with van der Waals surface area (Å²) in [4.78, 5) is 24.8. The van der Waals surface area contributed by atoms with Crippen molar-refractivity contribution in [3.63, 3.8) is 0 Å². The number of urea groups is 1. The first-order valence-corrected chi connectivity index (χ1v) is 9.20. The van der Waals surface area contributed by atoms with E-state index in [0.29, 0.717) is 22.2 Å². The van der Waals surface area contributed by atoms with E-state index in [-0.39, 0.29) is 6.03 Å². The zero-order chi connectivity index (χ0) is 19.6. The molecule has 27 heavy (non-hydrogen) atoms. The van der Waals surface area contributed by atoms with E-state index in [1.165, 1.54) is 23.6 Å². The van der Waals surface area contributed by atoms with Crippen molar-refractivity contribution in [2.45, 2.75) is 25.0 Å². The van der Waals surface area contributed by atoms with Gasteiger partial charge < -0.3 is 15.4 Å². The largest absolute Gasteiger partial charge is 0.466 e. The topological polar surface area (TPSA) is 111 Å². The lowest BCUT2D eigenvalue weighted by Crippen LogP contribution is -2.46. The van der Waals surface area contributed by atoms with E-state index >= 15 is 0 Å². The second-order valence-electron chi connectivity index (χ2n) is 6.15. The van der Waals surface area contributed by atoms with Crippen LogP contribution in [-0.2, 0) is 16.6 Å². The summed E-state index contributed by atoms with van der Waals surface area (Å²) in [7, 11) is 3.04. The number of carbonyl (C=O) groups excluding carboxylic acids is 2. The van der Waals surface area contributed by atoms with Gasteiger partial charge in [0, 0.05) is 18.5 Å². The summed E-state index contributed by atoms with van der Waals surface area (Å²) >= 11 is 1.32. The van der Waals surface area contributed by atoms with Crippen LogP contribution in [0.5, 0.6) is 0 Å². The summed E-state index contributed by atoms with van der Waals surface area (Å²) in [6.45, 7) is 3.94. The molecule has 1 aliphatic rings. The lowest BCUT2D eigenvalue weighted by Gasteiger charge is -2.30. The summed E-state index contributed by atoms with van der Waals surface area (Å²) in [5.74, 6) is -0.188. The van der Waals surface area contributed by atoms with Crippen LogP contribution >= 0.6 is 11.8 Å². The summed E-state index contributed by atoms with van der Waals surface area (Å²) in [6.07, 6.45) is 0. The van der Waals surface area contributed by atoms with Gasteiger partial charge in [0.25, 0.3) is 0 Å². The van der Waals surface area contributed by atoms with Gasteiger partial charge in [-0.15, -0.1) is 5.10 Å². The van der Waals surface area contributed by atoms with Crippen molar-refractivity contribution < 1.29 is 14.3 Å². The number of esters is 1. The minimum absolute atomic E-state index is 0.313. The molecule has 0 bridgehead atoms. The number of methoxy groups -OCH3 is 1. The molecule has 0 saturated carbocycles. The molecule has 1 aliphatic heterocycles. The van der Waals surface area contributed by atoms with Crippen molar-refractivity contribution in [2.24, 2.45) is 7.05 Å². The Labute approximate surface area is 160 Å². The predicted octanol–water partition coefficient (Wildman–Crippen LogP) is 1.40. The Morgan fingerprint density at radius 3 is 2.78 bits per heavy atom. The average Bonchev–Trinajstić information content (AvgIpc) is 3.03. The van der Waals surface area contributed by atoms with Gasteiger partial charge >= 0.3 is 12.0 Å². The van der Waals surface area contributed by atoms with Crippen LogP contribution in [0.25, 0.3) is 0 Å². The van der Waals surface area contributed by atoms with E-state index in [2.05, 4.69) is 26.2 Å². The number of thioether (sulfide) groups is 1. The first-order chi connectivity index (χ1) is 12.9. The third-order valence-electron chi connectivity index (χ3n) is 4.22. The Hall–Kier alpha value is -2.88. The fourth-order valence-corrected chi connectivity index (χ4v) is 3.76. The molecule has 0 aliphatic carbocycles. The number of nitrogens with one attached hydrogen (secondary N) is 2. The van der Waals surface area contributed by atoms with Crippen LogP contribution in [0.4, 0.5) is 4.79 Å². The zero-order valence-electron chi connectivity index (χ0n) is 15.4. The molecule has 0 spiro atoms. The third kappa shape index (κ3) is 3.95. The van der Waals surface area contributed by atoms with Gasteiger partial charge in [-0.25, -0.2) is 14.3 Å². The van der Waals surface area contributed by atoms with Crippen molar-refractivity contribution >= 4 is 23.8 Å². The molecule has 1 atom stereocenters. The molecule has 10 heteroatoms. The standard InChI is InChI=1S/C17H20N6O3S/c1-9-5-6-11(10(2)7-9)14-13(15(24)26-4)12(18-16(25)19-14)8-27-17-20-21-22-23(17)3/h5-7,14H,8H2,1-4H3,(H2,18,19,25)/t14-/m0/s1. The van der Waals surface area contributed by atoms with Crippen molar-refractivity contribution in [2.75, 3.05) is 12.9 Å². The highest BCUT2D eigenvalue weighted by Crippen LogP contribution is 2.31. The lowest BCUT2D eigenvalue weighted by molar-refractivity contribution is -0.136. The molecule has 2 heterocycles. The lowest BCUT2D eigenvalue weighted by atomic mass is 9.91. The number of hydrogen-bond donors (Lipinski definition) is 2. The normalized spacial score (nSPS) is 16.7. The van der Waals surface area contributed by atoms with Crippen LogP contribution in [0, 0.1) is 13.8 Å². The molecular formula is C17H20N6O3S. The van der Waals surface area contributed by atoms with E-state index in [0.717, 1.165) is 16.7 Å². The van der Waals surface area contributed by atoms with Gasteiger partial charge in [-0.05, 0) is 35.4 Å². The molecule has 1 aromatic heterocycles. The molecule has 1 aromatic carbocycles. The van der Waals surface area contributed by atoms with Gasteiger partial charge in [-0.3, -0.25) is 0 Å². The molecule has 0 radical (unpaired) electrons. The number of tetrazole rings is 1. The number of carbonyl (C=O) groups is 2. The molecule has 2 N–H and O–H groups in total. The SMILES string of the molecule is COC(=O)C1=C(CSc2nnnn2C)NC(=O)N[C@H]1c1ccc(C)cc1C. The number of hydrogen-bond acceptors (Lipinski definition) is 7. The molecule has 0 unspecified atom stereocenters. The summed E-state index contributed by atoms with van der Waals surface area (Å²) in [5.41, 5.74) is 3.77. The fourth-order valence-electron chi connectivity index (χ4n) is 2.95. The number of aromatic nitrogens is 4. The first-order valence-electron chi connectivity index (χ1n) is 8.22. The summed E-state index contributed by atoms with van der Waals surface area (Å²) in [5, 5.41) is 17.4. The van der Waals surface area contributed by atoms with E-state index in [4.69, 9.17) is 4.74 Å². The monoisotopic (exact) mass is 388 g/mol.